The molecule has 0 amide bonds. The predicted molar refractivity (Wildman–Crippen MR) is 124 cm³/mol. The average Bonchev–Trinajstić information content (AvgIpc) is 3.45. The van der Waals surface area contributed by atoms with Crippen LogP contribution in [0, 0.1) is 12.7 Å². The molecule has 6 nitrogen and oxygen atoms in total. The summed E-state index contributed by atoms with van der Waals surface area (Å²) in [4.78, 5) is 7.51. The first-order valence-corrected chi connectivity index (χ1v) is 10.7. The van der Waals surface area contributed by atoms with Crippen LogP contribution in [0.5, 0.6) is 5.75 Å². The van der Waals surface area contributed by atoms with Crippen molar-refractivity contribution in [3.63, 3.8) is 0 Å². The van der Waals surface area contributed by atoms with Crippen molar-refractivity contribution in [1.82, 2.24) is 24.7 Å². The summed E-state index contributed by atoms with van der Waals surface area (Å²) >= 11 is 5.99. The van der Waals surface area contributed by atoms with Gasteiger partial charge in [-0.3, -0.25) is 0 Å². The monoisotopic (exact) mass is 451 g/mol. The molecule has 0 saturated carbocycles. The molecule has 0 bridgehead atoms. The third-order valence-corrected chi connectivity index (χ3v) is 5.37. The minimum Gasteiger partial charge on any atom is -0.495 e. The van der Waals surface area contributed by atoms with Gasteiger partial charge in [0.15, 0.2) is 5.82 Å². The summed E-state index contributed by atoms with van der Waals surface area (Å²) in [6.07, 6.45) is 8.16. The number of methoxy groups -OCH3 is 1. The topological polar surface area (TPSA) is 68.6 Å². The summed E-state index contributed by atoms with van der Waals surface area (Å²) in [7, 11) is 1.64. The van der Waals surface area contributed by atoms with E-state index in [0.29, 0.717) is 23.9 Å². The molecule has 2 heterocycles. The van der Waals surface area contributed by atoms with Crippen LogP contribution in [-0.4, -0.2) is 37.7 Å². The Morgan fingerprint density at radius 2 is 1.97 bits per heavy atom. The number of rotatable bonds is 8. The van der Waals surface area contributed by atoms with Gasteiger partial charge in [-0.2, -0.15) is 0 Å². The number of aromatic nitrogens is 5. The lowest BCUT2D eigenvalue weighted by molar-refractivity contribution is 0.413. The number of H-pyrrole nitrogens is 1. The largest absolute Gasteiger partial charge is 0.495 e. The zero-order valence-electron chi connectivity index (χ0n) is 17.8. The van der Waals surface area contributed by atoms with Gasteiger partial charge in [-0.25, -0.2) is 9.37 Å². The molecule has 0 saturated heterocycles. The van der Waals surface area contributed by atoms with Crippen molar-refractivity contribution in [2.75, 3.05) is 13.0 Å². The molecular weight excluding hydrogens is 429 g/mol. The van der Waals surface area contributed by atoms with E-state index in [9.17, 15) is 4.39 Å². The number of hydrogen-bond acceptors (Lipinski definition) is 4. The van der Waals surface area contributed by atoms with E-state index < -0.39 is 0 Å². The van der Waals surface area contributed by atoms with Crippen LogP contribution in [0.3, 0.4) is 0 Å². The van der Waals surface area contributed by atoms with Gasteiger partial charge in [-0.15, -0.1) is 21.8 Å². The maximum absolute atomic E-state index is 13.3. The zero-order chi connectivity index (χ0) is 22.5. The lowest BCUT2D eigenvalue weighted by atomic mass is 9.96. The number of aryl methyl sites for hydroxylation is 1. The van der Waals surface area contributed by atoms with Crippen molar-refractivity contribution < 1.29 is 9.13 Å². The summed E-state index contributed by atoms with van der Waals surface area (Å²) in [6.45, 7) is 1.94. The second kappa shape index (κ2) is 9.78. The molecule has 2 aromatic carbocycles. The molecule has 0 aliphatic carbocycles. The maximum atomic E-state index is 13.3. The van der Waals surface area contributed by atoms with Crippen LogP contribution in [-0.2, 0) is 0 Å². The molecule has 0 radical (unpaired) electrons. The van der Waals surface area contributed by atoms with Gasteiger partial charge in [0.25, 0.3) is 0 Å². The van der Waals surface area contributed by atoms with Gasteiger partial charge in [0, 0.05) is 18.0 Å². The van der Waals surface area contributed by atoms with E-state index in [0.717, 1.165) is 28.3 Å². The van der Waals surface area contributed by atoms with Gasteiger partial charge in [0.2, 0.25) is 0 Å². The van der Waals surface area contributed by atoms with Crippen LogP contribution in [0.4, 0.5) is 4.39 Å². The minimum absolute atomic E-state index is 0.0826. The smallest absolute Gasteiger partial charge is 0.154 e. The van der Waals surface area contributed by atoms with Gasteiger partial charge in [0.05, 0.1) is 24.8 Å². The highest BCUT2D eigenvalue weighted by atomic mass is 35.5. The lowest BCUT2D eigenvalue weighted by Crippen LogP contribution is -2.04. The molecule has 0 aliphatic rings. The van der Waals surface area contributed by atoms with Crippen LogP contribution in [0.15, 0.2) is 55.0 Å². The zero-order valence-corrected chi connectivity index (χ0v) is 18.6. The first kappa shape index (κ1) is 21.8. The van der Waals surface area contributed by atoms with Crippen molar-refractivity contribution in [3.05, 3.63) is 89.3 Å². The van der Waals surface area contributed by atoms with Crippen LogP contribution in [0.25, 0.3) is 17.8 Å². The molecule has 1 N–H and O–H groups in total. The van der Waals surface area contributed by atoms with Gasteiger partial charge < -0.3 is 14.3 Å². The lowest BCUT2D eigenvalue weighted by Gasteiger charge is -2.12. The Morgan fingerprint density at radius 3 is 2.66 bits per heavy atom. The van der Waals surface area contributed by atoms with Crippen LogP contribution in [0.2, 0.25) is 0 Å². The van der Waals surface area contributed by atoms with Gasteiger partial charge >= 0.3 is 0 Å². The van der Waals surface area contributed by atoms with Gasteiger partial charge in [-0.05, 0) is 54.8 Å². The van der Waals surface area contributed by atoms with E-state index in [-0.39, 0.29) is 11.7 Å². The van der Waals surface area contributed by atoms with Crippen molar-refractivity contribution in [1.29, 1.82) is 0 Å². The summed E-state index contributed by atoms with van der Waals surface area (Å²) in [5, 5.41) is 8.53. The Morgan fingerprint density at radius 1 is 1.16 bits per heavy atom. The van der Waals surface area contributed by atoms with E-state index in [4.69, 9.17) is 16.3 Å². The third-order valence-electron chi connectivity index (χ3n) is 5.15. The summed E-state index contributed by atoms with van der Waals surface area (Å²) in [5.74, 6) is 2.15. The van der Waals surface area contributed by atoms with Crippen molar-refractivity contribution in [3.8, 4) is 11.4 Å². The molecule has 0 spiro atoms. The SMILES string of the molecule is COc1cc(C=Cc2nnc(C(CCCl)c3ccc(F)cc3)[nH]2)ccc1-n1cnc(C)c1. The van der Waals surface area contributed by atoms with Gasteiger partial charge in [-0.1, -0.05) is 24.3 Å². The summed E-state index contributed by atoms with van der Waals surface area (Å²) in [5.41, 5.74) is 3.74. The van der Waals surface area contributed by atoms with E-state index >= 15 is 0 Å². The van der Waals surface area contributed by atoms with Crippen molar-refractivity contribution in [2.24, 2.45) is 0 Å². The molecule has 1 atom stereocenters. The number of nitrogens with one attached hydrogen (secondary N) is 1. The molecule has 32 heavy (non-hydrogen) atoms. The van der Waals surface area contributed by atoms with Crippen LogP contribution < -0.4 is 4.74 Å². The Labute approximate surface area is 190 Å². The standard InChI is InChI=1S/C24H23ClFN5O/c1-16-14-31(15-27-16)21-9-3-17(13-22(21)32-2)4-10-23-28-24(30-29-23)20(11-12-25)18-5-7-19(26)8-6-18/h3-10,13-15,20H,11-12H2,1-2H3,(H,28,29,30). The highest BCUT2D eigenvalue weighted by Crippen LogP contribution is 2.27. The van der Waals surface area contributed by atoms with E-state index in [1.807, 2.05) is 48.0 Å². The number of imidazole rings is 1. The Balaban J connectivity index is 1.54. The fourth-order valence-electron chi connectivity index (χ4n) is 3.53. The molecular formula is C24H23ClFN5O. The number of nitrogens with zero attached hydrogens (tertiary/aromatic N) is 4. The number of hydrogen-bond donors (Lipinski definition) is 1. The molecule has 0 fully saturated rings. The first-order valence-electron chi connectivity index (χ1n) is 10.2. The third kappa shape index (κ3) is 4.89. The summed E-state index contributed by atoms with van der Waals surface area (Å²) in [6, 6.07) is 12.3. The fraction of sp³-hybridized carbons (Fsp3) is 0.208. The van der Waals surface area contributed by atoms with E-state index in [2.05, 4.69) is 20.2 Å². The molecule has 2 aromatic heterocycles. The Bertz CT molecular complexity index is 1220. The normalized spacial score (nSPS) is 12.4. The first-order chi connectivity index (χ1) is 15.6. The molecule has 1 unspecified atom stereocenters. The number of ether oxygens (including phenoxy) is 1. The van der Waals surface area contributed by atoms with E-state index in [1.165, 1.54) is 12.1 Å². The Hall–Kier alpha value is -3.45. The molecule has 8 heteroatoms. The number of halogens is 2. The highest BCUT2D eigenvalue weighted by Gasteiger charge is 2.18. The average molecular weight is 452 g/mol. The van der Waals surface area contributed by atoms with Crippen LogP contribution in [0.1, 0.15) is 40.8 Å². The number of benzene rings is 2. The second-order valence-electron chi connectivity index (χ2n) is 7.36. The van der Waals surface area contributed by atoms with Gasteiger partial charge in [0.1, 0.15) is 17.4 Å². The van der Waals surface area contributed by atoms with Crippen LogP contribution >= 0.6 is 11.6 Å². The highest BCUT2D eigenvalue weighted by molar-refractivity contribution is 6.17. The Kier molecular flexibility index (Phi) is 6.66. The minimum atomic E-state index is -0.274. The molecule has 164 valence electrons. The quantitative estimate of drug-likeness (QED) is 0.365. The molecule has 4 aromatic rings. The number of alkyl halides is 1. The molecule has 4 rings (SSSR count). The maximum Gasteiger partial charge on any atom is 0.154 e. The predicted octanol–water partition coefficient (Wildman–Crippen LogP) is 5.38. The number of aromatic amines is 1. The molecule has 0 aliphatic heterocycles. The van der Waals surface area contributed by atoms with Crippen molar-refractivity contribution >= 4 is 23.8 Å². The summed E-state index contributed by atoms with van der Waals surface area (Å²) < 4.78 is 20.8. The van der Waals surface area contributed by atoms with Crippen molar-refractivity contribution in [2.45, 2.75) is 19.3 Å². The fourth-order valence-corrected chi connectivity index (χ4v) is 3.74. The second-order valence-corrected chi connectivity index (χ2v) is 7.74. The van der Waals surface area contributed by atoms with E-state index in [1.54, 1.807) is 25.6 Å².